The minimum Gasteiger partial charge on any atom is -0.490 e. The first kappa shape index (κ1) is 19.9. The van der Waals surface area contributed by atoms with Crippen molar-refractivity contribution in [2.24, 2.45) is 0 Å². The minimum absolute atomic E-state index is 0.0105. The molecule has 3 heterocycles. The summed E-state index contributed by atoms with van der Waals surface area (Å²) < 4.78 is 5.61. The van der Waals surface area contributed by atoms with Crippen LogP contribution in [0.25, 0.3) is 0 Å². The lowest BCUT2D eigenvalue weighted by molar-refractivity contribution is -0.134. The zero-order valence-corrected chi connectivity index (χ0v) is 17.4. The van der Waals surface area contributed by atoms with Crippen molar-refractivity contribution in [3.8, 4) is 5.75 Å². The van der Waals surface area contributed by atoms with Crippen molar-refractivity contribution in [3.63, 3.8) is 0 Å². The molecule has 2 aliphatic rings. The van der Waals surface area contributed by atoms with Gasteiger partial charge in [0.05, 0.1) is 12.2 Å². The standard InChI is InChI=1S/C22H27N3O3S/c26-21(24-13-11-23(12-14-24)10-9-18-4-3-17-29-18)7-8-22(27)25-15-16-28-20-6-2-1-5-19(20)25/h1-6,17H,7-16H2. The molecule has 7 heteroatoms. The maximum absolute atomic E-state index is 12.7. The van der Waals surface area contributed by atoms with Crippen LogP contribution in [0.1, 0.15) is 17.7 Å². The number of amides is 2. The number of rotatable bonds is 6. The van der Waals surface area contributed by atoms with Gasteiger partial charge in [-0.25, -0.2) is 0 Å². The predicted octanol–water partition coefficient (Wildman–Crippen LogP) is 2.64. The summed E-state index contributed by atoms with van der Waals surface area (Å²) in [6.45, 7) is 5.37. The lowest BCUT2D eigenvalue weighted by atomic mass is 10.2. The van der Waals surface area contributed by atoms with Gasteiger partial charge in [0, 0.05) is 50.4 Å². The molecular formula is C22H27N3O3S. The number of ether oxygens (including phenoxy) is 1. The average Bonchev–Trinajstić information content (AvgIpc) is 3.29. The molecule has 0 radical (unpaired) electrons. The summed E-state index contributed by atoms with van der Waals surface area (Å²) in [7, 11) is 0. The van der Waals surface area contributed by atoms with Crippen molar-refractivity contribution in [2.45, 2.75) is 19.3 Å². The number of thiophene rings is 1. The van der Waals surface area contributed by atoms with Gasteiger partial charge in [-0.1, -0.05) is 18.2 Å². The number of benzene rings is 1. The number of fused-ring (bicyclic) bond motifs is 1. The van der Waals surface area contributed by atoms with Crippen molar-refractivity contribution >= 4 is 28.8 Å². The molecule has 0 bridgehead atoms. The van der Waals surface area contributed by atoms with E-state index in [0.717, 1.165) is 50.6 Å². The fourth-order valence-corrected chi connectivity index (χ4v) is 4.58. The Kier molecular flexibility index (Phi) is 6.46. The summed E-state index contributed by atoms with van der Waals surface area (Å²) in [5, 5.41) is 2.11. The molecule has 2 aliphatic heterocycles. The van der Waals surface area contributed by atoms with Gasteiger partial charge in [0.2, 0.25) is 11.8 Å². The molecule has 0 atom stereocenters. The fourth-order valence-electron chi connectivity index (χ4n) is 3.88. The van der Waals surface area contributed by atoms with Crippen LogP contribution in [-0.4, -0.2) is 67.5 Å². The van der Waals surface area contributed by atoms with Crippen molar-refractivity contribution in [1.82, 2.24) is 9.80 Å². The van der Waals surface area contributed by atoms with E-state index < -0.39 is 0 Å². The third-order valence-corrected chi connectivity index (χ3v) is 6.50. The number of anilines is 1. The van der Waals surface area contributed by atoms with Gasteiger partial charge in [0.15, 0.2) is 0 Å². The summed E-state index contributed by atoms with van der Waals surface area (Å²) >= 11 is 1.80. The highest BCUT2D eigenvalue weighted by Gasteiger charge is 2.25. The number of carbonyl (C=O) groups excluding carboxylic acids is 2. The molecule has 1 aromatic carbocycles. The zero-order valence-electron chi connectivity index (χ0n) is 16.6. The van der Waals surface area contributed by atoms with E-state index in [1.807, 2.05) is 29.2 Å². The quantitative estimate of drug-likeness (QED) is 0.731. The summed E-state index contributed by atoms with van der Waals surface area (Å²) in [4.78, 5) is 32.8. The fraction of sp³-hybridized carbons (Fsp3) is 0.455. The Morgan fingerprint density at radius 2 is 1.72 bits per heavy atom. The Bertz CT molecular complexity index is 832. The first-order valence-corrected chi connectivity index (χ1v) is 11.1. The van der Waals surface area contributed by atoms with E-state index in [9.17, 15) is 9.59 Å². The first-order chi connectivity index (χ1) is 14.2. The van der Waals surface area contributed by atoms with Crippen LogP contribution >= 0.6 is 11.3 Å². The molecule has 0 saturated carbocycles. The molecule has 1 saturated heterocycles. The van der Waals surface area contributed by atoms with E-state index in [1.54, 1.807) is 16.2 Å². The number of hydrogen-bond acceptors (Lipinski definition) is 5. The van der Waals surface area contributed by atoms with Crippen LogP contribution < -0.4 is 9.64 Å². The maximum atomic E-state index is 12.7. The molecule has 6 nitrogen and oxygen atoms in total. The van der Waals surface area contributed by atoms with Gasteiger partial charge in [-0.3, -0.25) is 14.5 Å². The maximum Gasteiger partial charge on any atom is 0.227 e. The Balaban J connectivity index is 1.21. The molecule has 29 heavy (non-hydrogen) atoms. The molecular weight excluding hydrogens is 386 g/mol. The third-order valence-electron chi connectivity index (χ3n) is 5.56. The largest absolute Gasteiger partial charge is 0.490 e. The van der Waals surface area contributed by atoms with Crippen molar-refractivity contribution < 1.29 is 14.3 Å². The molecule has 0 aliphatic carbocycles. The molecule has 0 spiro atoms. The molecule has 1 fully saturated rings. The smallest absolute Gasteiger partial charge is 0.227 e. The van der Waals surface area contributed by atoms with Crippen LogP contribution in [0.2, 0.25) is 0 Å². The highest BCUT2D eigenvalue weighted by molar-refractivity contribution is 7.09. The zero-order chi connectivity index (χ0) is 20.1. The van der Waals surface area contributed by atoms with E-state index in [4.69, 9.17) is 4.74 Å². The first-order valence-electron chi connectivity index (χ1n) is 10.3. The molecule has 154 valence electrons. The monoisotopic (exact) mass is 413 g/mol. The second-order valence-corrected chi connectivity index (χ2v) is 8.45. The Morgan fingerprint density at radius 3 is 2.52 bits per heavy atom. The molecule has 0 N–H and O–H groups in total. The Labute approximate surface area is 175 Å². The van der Waals surface area contributed by atoms with E-state index in [1.165, 1.54) is 4.88 Å². The van der Waals surface area contributed by atoms with Crippen LogP contribution in [0.15, 0.2) is 41.8 Å². The van der Waals surface area contributed by atoms with E-state index in [2.05, 4.69) is 22.4 Å². The van der Waals surface area contributed by atoms with E-state index in [-0.39, 0.29) is 24.7 Å². The van der Waals surface area contributed by atoms with E-state index >= 15 is 0 Å². The van der Waals surface area contributed by atoms with Gasteiger partial charge < -0.3 is 14.5 Å². The minimum atomic E-state index is -0.0105. The van der Waals surface area contributed by atoms with Crippen molar-refractivity contribution in [2.75, 3.05) is 50.8 Å². The van der Waals surface area contributed by atoms with Crippen LogP contribution in [-0.2, 0) is 16.0 Å². The number of para-hydroxylation sites is 2. The Morgan fingerprint density at radius 1 is 0.931 bits per heavy atom. The Hall–Kier alpha value is -2.38. The van der Waals surface area contributed by atoms with Gasteiger partial charge in [0.25, 0.3) is 0 Å². The summed E-state index contributed by atoms with van der Waals surface area (Å²) in [6.07, 6.45) is 1.58. The van der Waals surface area contributed by atoms with Crippen LogP contribution in [0, 0.1) is 0 Å². The molecule has 2 aromatic rings. The molecule has 4 rings (SSSR count). The molecule has 0 unspecified atom stereocenters. The average molecular weight is 414 g/mol. The second kappa shape index (κ2) is 9.41. The van der Waals surface area contributed by atoms with Crippen LogP contribution in [0.4, 0.5) is 5.69 Å². The van der Waals surface area contributed by atoms with Gasteiger partial charge in [0.1, 0.15) is 12.4 Å². The summed E-state index contributed by atoms with van der Waals surface area (Å²) in [5.41, 5.74) is 0.801. The second-order valence-electron chi connectivity index (χ2n) is 7.41. The topological polar surface area (TPSA) is 53.1 Å². The van der Waals surface area contributed by atoms with Crippen molar-refractivity contribution in [3.05, 3.63) is 46.7 Å². The number of carbonyl (C=O) groups is 2. The van der Waals surface area contributed by atoms with Crippen LogP contribution in [0.5, 0.6) is 5.75 Å². The number of piperazine rings is 1. The lowest BCUT2D eigenvalue weighted by Crippen LogP contribution is -2.49. The van der Waals surface area contributed by atoms with Gasteiger partial charge in [-0.2, -0.15) is 0 Å². The van der Waals surface area contributed by atoms with Crippen molar-refractivity contribution in [1.29, 1.82) is 0 Å². The third kappa shape index (κ3) is 4.97. The number of hydrogen-bond donors (Lipinski definition) is 0. The van der Waals surface area contributed by atoms with Gasteiger partial charge in [-0.05, 0) is 30.0 Å². The van der Waals surface area contributed by atoms with Crippen LogP contribution in [0.3, 0.4) is 0 Å². The molecule has 1 aromatic heterocycles. The van der Waals surface area contributed by atoms with Gasteiger partial charge in [-0.15, -0.1) is 11.3 Å². The normalized spacial score (nSPS) is 17.0. The number of nitrogens with zero attached hydrogens (tertiary/aromatic N) is 3. The predicted molar refractivity (Wildman–Crippen MR) is 115 cm³/mol. The highest BCUT2D eigenvalue weighted by atomic mass is 32.1. The van der Waals surface area contributed by atoms with E-state index in [0.29, 0.717) is 13.2 Å². The summed E-state index contributed by atoms with van der Waals surface area (Å²) in [6, 6.07) is 11.8. The SMILES string of the molecule is O=C(CCC(=O)N1CCOc2ccccc21)N1CCN(CCc2cccs2)CC1. The lowest BCUT2D eigenvalue weighted by Gasteiger charge is -2.35. The summed E-state index contributed by atoms with van der Waals surface area (Å²) in [5.74, 6) is 0.804. The molecule has 2 amide bonds. The van der Waals surface area contributed by atoms with Gasteiger partial charge >= 0.3 is 0 Å². The highest BCUT2D eigenvalue weighted by Crippen LogP contribution is 2.31.